The van der Waals surface area contributed by atoms with Gasteiger partial charge in [0.25, 0.3) is 10.1 Å². The van der Waals surface area contributed by atoms with Gasteiger partial charge in [0.1, 0.15) is 0 Å². The molecule has 0 aromatic rings. The lowest BCUT2D eigenvalue weighted by molar-refractivity contribution is 0.305. The fourth-order valence-corrected chi connectivity index (χ4v) is 3.06. The lowest BCUT2D eigenvalue weighted by Gasteiger charge is -2.05. The Balaban J connectivity index is 3.42. The van der Waals surface area contributed by atoms with E-state index >= 15 is 0 Å². The largest absolute Gasteiger partial charge is 0.270 e. The zero-order chi connectivity index (χ0) is 14.4. The summed E-state index contributed by atoms with van der Waals surface area (Å²) in [6, 6.07) is 0. The molecule has 0 radical (unpaired) electrons. The molecule has 0 aromatic carbocycles. The molecule has 0 aliphatic carbocycles. The molecule has 0 heterocycles. The van der Waals surface area contributed by atoms with E-state index in [-0.39, 0.29) is 5.75 Å². The molecular weight excluding hydrogens is 260 g/mol. The van der Waals surface area contributed by atoms with Crippen molar-refractivity contribution >= 4 is 10.1 Å². The fraction of sp³-hybridized carbons (Fsp3) is 1.00. The molecule has 0 atom stereocenters. The summed E-state index contributed by atoms with van der Waals surface area (Å²) in [5, 5.41) is 0. The maximum atomic E-state index is 11.6. The molecule has 19 heavy (non-hydrogen) atoms. The van der Waals surface area contributed by atoms with E-state index < -0.39 is 10.1 Å². The van der Waals surface area contributed by atoms with Crippen molar-refractivity contribution in [2.45, 2.75) is 84.5 Å². The molecule has 0 spiro atoms. The van der Waals surface area contributed by atoms with E-state index in [4.69, 9.17) is 4.18 Å². The highest BCUT2D eigenvalue weighted by Crippen LogP contribution is 2.08. The smallest absolute Gasteiger partial charge is 0.267 e. The highest BCUT2D eigenvalue weighted by Gasteiger charge is 2.10. The monoisotopic (exact) mass is 292 g/mol. The molecule has 0 saturated heterocycles. The van der Waals surface area contributed by atoms with Crippen LogP contribution in [0.2, 0.25) is 0 Å². The minimum Gasteiger partial charge on any atom is -0.270 e. The van der Waals surface area contributed by atoms with Crippen LogP contribution in [0.3, 0.4) is 0 Å². The summed E-state index contributed by atoms with van der Waals surface area (Å²) in [5.74, 6) is 0.189. The molecule has 0 unspecified atom stereocenters. The molecule has 0 rings (SSSR count). The van der Waals surface area contributed by atoms with Crippen LogP contribution in [0.4, 0.5) is 0 Å². The minimum atomic E-state index is -3.27. The predicted molar refractivity (Wildman–Crippen MR) is 81.9 cm³/mol. The van der Waals surface area contributed by atoms with Crippen LogP contribution in [0.5, 0.6) is 0 Å². The molecule has 0 amide bonds. The second-order valence-electron chi connectivity index (χ2n) is 5.27. The maximum Gasteiger partial charge on any atom is 0.267 e. The van der Waals surface area contributed by atoms with E-state index in [2.05, 4.69) is 13.8 Å². The summed E-state index contributed by atoms with van der Waals surface area (Å²) < 4.78 is 28.2. The van der Waals surface area contributed by atoms with Crippen LogP contribution in [-0.4, -0.2) is 20.8 Å². The Labute approximate surface area is 120 Å². The van der Waals surface area contributed by atoms with E-state index in [9.17, 15) is 8.42 Å². The number of unbranched alkanes of at least 4 members (excludes halogenated alkanes) is 9. The van der Waals surface area contributed by atoms with Crippen LogP contribution < -0.4 is 0 Å². The van der Waals surface area contributed by atoms with Crippen molar-refractivity contribution in [3.05, 3.63) is 0 Å². The van der Waals surface area contributed by atoms with Crippen LogP contribution >= 0.6 is 0 Å². The van der Waals surface area contributed by atoms with E-state index in [0.29, 0.717) is 6.61 Å². The highest BCUT2D eigenvalue weighted by molar-refractivity contribution is 7.86. The molecule has 0 bridgehead atoms. The maximum absolute atomic E-state index is 11.6. The number of hydrogen-bond donors (Lipinski definition) is 0. The van der Waals surface area contributed by atoms with Crippen molar-refractivity contribution in [2.24, 2.45) is 0 Å². The fourth-order valence-electron chi connectivity index (χ4n) is 2.01. The van der Waals surface area contributed by atoms with Crippen LogP contribution in [0.25, 0.3) is 0 Å². The third-order valence-corrected chi connectivity index (χ3v) is 4.57. The van der Waals surface area contributed by atoms with E-state index in [1.165, 1.54) is 38.5 Å². The second-order valence-corrected chi connectivity index (χ2v) is 7.03. The molecule has 0 fully saturated rings. The van der Waals surface area contributed by atoms with Crippen LogP contribution in [0, 0.1) is 0 Å². The van der Waals surface area contributed by atoms with Crippen LogP contribution in [-0.2, 0) is 14.3 Å². The van der Waals surface area contributed by atoms with Crippen LogP contribution in [0.15, 0.2) is 0 Å². The van der Waals surface area contributed by atoms with Gasteiger partial charge in [-0.25, -0.2) is 0 Å². The summed E-state index contributed by atoms with van der Waals surface area (Å²) >= 11 is 0. The van der Waals surface area contributed by atoms with Gasteiger partial charge in [-0.1, -0.05) is 71.6 Å². The lowest BCUT2D eigenvalue weighted by atomic mass is 10.1. The Kier molecular flexibility index (Phi) is 12.9. The standard InChI is InChI=1S/C15H32O3S/c1-3-5-7-9-11-13-15-19(16,17)18-14-12-10-8-6-4-2/h3-15H2,1-2H3. The second kappa shape index (κ2) is 12.9. The first kappa shape index (κ1) is 18.9. The quantitative estimate of drug-likeness (QED) is 0.345. The summed E-state index contributed by atoms with van der Waals surface area (Å²) in [6.45, 7) is 4.71. The zero-order valence-electron chi connectivity index (χ0n) is 12.8. The van der Waals surface area contributed by atoms with Crippen LogP contribution in [0.1, 0.15) is 84.5 Å². The van der Waals surface area contributed by atoms with Crippen molar-refractivity contribution in [3.8, 4) is 0 Å². The first-order valence-electron chi connectivity index (χ1n) is 7.99. The molecule has 0 saturated carbocycles. The molecule has 3 nitrogen and oxygen atoms in total. The molecular formula is C15H32O3S. The SMILES string of the molecule is CCCCCCCCS(=O)(=O)OCCCCCCC. The molecule has 4 heteroatoms. The Morgan fingerprint density at radius 1 is 0.684 bits per heavy atom. The van der Waals surface area contributed by atoms with E-state index in [1.54, 1.807) is 0 Å². The average molecular weight is 292 g/mol. The van der Waals surface area contributed by atoms with Gasteiger partial charge < -0.3 is 0 Å². The Hall–Kier alpha value is -0.0900. The predicted octanol–water partition coefficient (Wildman–Crippen LogP) is 4.66. The highest BCUT2D eigenvalue weighted by atomic mass is 32.2. The van der Waals surface area contributed by atoms with Gasteiger partial charge in [0, 0.05) is 0 Å². The minimum absolute atomic E-state index is 0.189. The third kappa shape index (κ3) is 14.1. The summed E-state index contributed by atoms with van der Waals surface area (Å²) in [6.07, 6.45) is 12.1. The summed E-state index contributed by atoms with van der Waals surface area (Å²) in [5.41, 5.74) is 0. The van der Waals surface area contributed by atoms with Gasteiger partial charge in [-0.3, -0.25) is 4.18 Å². The molecule has 0 aromatic heterocycles. The van der Waals surface area contributed by atoms with Crippen molar-refractivity contribution in [2.75, 3.05) is 12.4 Å². The van der Waals surface area contributed by atoms with Gasteiger partial charge in [-0.15, -0.1) is 0 Å². The molecule has 116 valence electrons. The van der Waals surface area contributed by atoms with Crippen molar-refractivity contribution in [1.29, 1.82) is 0 Å². The van der Waals surface area contributed by atoms with Gasteiger partial charge in [0.15, 0.2) is 0 Å². The van der Waals surface area contributed by atoms with Crippen molar-refractivity contribution in [1.82, 2.24) is 0 Å². The lowest BCUT2D eigenvalue weighted by Crippen LogP contribution is -2.11. The van der Waals surface area contributed by atoms with E-state index in [0.717, 1.165) is 32.1 Å². The Bertz CT molecular complexity index is 251. The normalized spacial score (nSPS) is 11.9. The van der Waals surface area contributed by atoms with Crippen molar-refractivity contribution in [3.63, 3.8) is 0 Å². The van der Waals surface area contributed by atoms with Gasteiger partial charge in [0.2, 0.25) is 0 Å². The topological polar surface area (TPSA) is 43.4 Å². The van der Waals surface area contributed by atoms with Gasteiger partial charge in [0.05, 0.1) is 12.4 Å². The molecule has 0 aliphatic rings. The zero-order valence-corrected chi connectivity index (χ0v) is 13.6. The average Bonchev–Trinajstić information content (AvgIpc) is 2.38. The third-order valence-electron chi connectivity index (χ3n) is 3.26. The Morgan fingerprint density at radius 2 is 1.16 bits per heavy atom. The van der Waals surface area contributed by atoms with Crippen molar-refractivity contribution < 1.29 is 12.6 Å². The van der Waals surface area contributed by atoms with Gasteiger partial charge in [-0.05, 0) is 12.8 Å². The van der Waals surface area contributed by atoms with Gasteiger partial charge in [-0.2, -0.15) is 8.42 Å². The summed E-state index contributed by atoms with van der Waals surface area (Å²) in [7, 11) is -3.27. The Morgan fingerprint density at radius 3 is 1.74 bits per heavy atom. The van der Waals surface area contributed by atoms with Gasteiger partial charge >= 0.3 is 0 Å². The molecule has 0 N–H and O–H groups in total. The number of hydrogen-bond acceptors (Lipinski definition) is 3. The first-order valence-corrected chi connectivity index (χ1v) is 9.57. The summed E-state index contributed by atoms with van der Waals surface area (Å²) in [4.78, 5) is 0. The van der Waals surface area contributed by atoms with E-state index in [1.807, 2.05) is 0 Å². The first-order chi connectivity index (χ1) is 9.12. The molecule has 0 aliphatic heterocycles. The number of rotatable bonds is 14.